The number of benzene rings is 1. The van der Waals surface area contributed by atoms with Crippen molar-refractivity contribution < 1.29 is 0 Å². The number of hydrogen-bond acceptors (Lipinski definition) is 3. The highest BCUT2D eigenvalue weighted by Crippen LogP contribution is 2.18. The van der Waals surface area contributed by atoms with Gasteiger partial charge in [-0.15, -0.1) is 6.42 Å². The average molecular weight is 340 g/mol. The molecule has 0 radical (unpaired) electrons. The maximum Gasteiger partial charge on any atom is 0.250 e. The molecule has 0 bridgehead atoms. The smallest absolute Gasteiger partial charge is 0.250 e. The molecule has 126 valence electrons. The van der Waals surface area contributed by atoms with E-state index in [-0.39, 0.29) is 5.56 Å². The molecular formula is C21H16N4O. The maximum atomic E-state index is 12.1. The summed E-state index contributed by atoms with van der Waals surface area (Å²) >= 11 is 0. The molecule has 0 saturated carbocycles. The van der Waals surface area contributed by atoms with Crippen molar-refractivity contribution in [2.24, 2.45) is 0 Å². The van der Waals surface area contributed by atoms with Gasteiger partial charge in [0.1, 0.15) is 0 Å². The first kappa shape index (κ1) is 15.9. The minimum atomic E-state index is -0.112. The number of terminal acetylenes is 1. The largest absolute Gasteiger partial charge is 0.308 e. The van der Waals surface area contributed by atoms with Gasteiger partial charge in [-0.3, -0.25) is 14.5 Å². The molecule has 1 aromatic carbocycles. The Morgan fingerprint density at radius 3 is 2.69 bits per heavy atom. The van der Waals surface area contributed by atoms with Crippen molar-refractivity contribution in [3.8, 4) is 12.3 Å². The van der Waals surface area contributed by atoms with E-state index in [1.807, 2.05) is 28.9 Å². The van der Waals surface area contributed by atoms with Gasteiger partial charge in [0.05, 0.1) is 30.5 Å². The second-order valence-electron chi connectivity index (χ2n) is 6.01. The molecule has 3 aromatic heterocycles. The minimum Gasteiger partial charge on any atom is -0.308 e. The van der Waals surface area contributed by atoms with Crippen LogP contribution in [-0.4, -0.2) is 19.3 Å². The van der Waals surface area contributed by atoms with Crippen LogP contribution in [0.1, 0.15) is 16.8 Å². The van der Waals surface area contributed by atoms with Crippen LogP contribution in [0.3, 0.4) is 0 Å². The lowest BCUT2D eigenvalue weighted by molar-refractivity contribution is 0.711. The molecule has 5 nitrogen and oxygen atoms in total. The van der Waals surface area contributed by atoms with Gasteiger partial charge in [0.25, 0.3) is 5.56 Å². The molecule has 0 N–H and O–H groups in total. The average Bonchev–Trinajstić information content (AvgIpc) is 3.08. The molecule has 0 amide bonds. The molecule has 0 saturated heterocycles. The first-order valence-electron chi connectivity index (χ1n) is 8.25. The molecule has 26 heavy (non-hydrogen) atoms. The van der Waals surface area contributed by atoms with E-state index in [9.17, 15) is 4.79 Å². The second kappa shape index (κ2) is 6.69. The van der Waals surface area contributed by atoms with Crippen molar-refractivity contribution >= 4 is 10.9 Å². The van der Waals surface area contributed by atoms with Gasteiger partial charge in [0.2, 0.25) is 0 Å². The summed E-state index contributed by atoms with van der Waals surface area (Å²) in [6.07, 6.45) is 10.7. The van der Waals surface area contributed by atoms with E-state index in [0.29, 0.717) is 18.7 Å². The van der Waals surface area contributed by atoms with Crippen molar-refractivity contribution in [3.05, 3.63) is 94.3 Å². The highest BCUT2D eigenvalue weighted by molar-refractivity contribution is 5.80. The summed E-state index contributed by atoms with van der Waals surface area (Å²) in [5.74, 6) is 2.55. The van der Waals surface area contributed by atoms with Crippen molar-refractivity contribution in [2.45, 2.75) is 13.1 Å². The predicted octanol–water partition coefficient (Wildman–Crippen LogP) is 2.67. The maximum absolute atomic E-state index is 12.1. The Kier molecular flexibility index (Phi) is 4.08. The Labute approximate surface area is 150 Å². The number of aromatic nitrogens is 4. The Morgan fingerprint density at radius 1 is 1.04 bits per heavy atom. The molecule has 4 aromatic rings. The van der Waals surface area contributed by atoms with Gasteiger partial charge in [-0.05, 0) is 17.7 Å². The van der Waals surface area contributed by atoms with Gasteiger partial charge < -0.3 is 4.57 Å². The van der Waals surface area contributed by atoms with E-state index >= 15 is 0 Å². The summed E-state index contributed by atoms with van der Waals surface area (Å²) < 4.78 is 3.52. The monoisotopic (exact) mass is 340 g/mol. The lowest BCUT2D eigenvalue weighted by atomic mass is 10.2. The van der Waals surface area contributed by atoms with Crippen molar-refractivity contribution in [3.63, 3.8) is 0 Å². The first-order valence-corrected chi connectivity index (χ1v) is 8.25. The number of fused-ring (bicyclic) bond motifs is 1. The molecule has 0 fully saturated rings. The van der Waals surface area contributed by atoms with Crippen LogP contribution in [0.4, 0.5) is 0 Å². The van der Waals surface area contributed by atoms with E-state index in [2.05, 4.69) is 28.1 Å². The molecule has 4 rings (SSSR count). The van der Waals surface area contributed by atoms with E-state index in [1.54, 1.807) is 29.2 Å². The van der Waals surface area contributed by atoms with Gasteiger partial charge in [0, 0.05) is 29.4 Å². The molecular weight excluding hydrogens is 324 g/mol. The molecule has 5 heteroatoms. The summed E-state index contributed by atoms with van der Waals surface area (Å²) in [6, 6.07) is 15.2. The summed E-state index contributed by atoms with van der Waals surface area (Å²) in [7, 11) is 0. The molecule has 0 aliphatic rings. The Morgan fingerprint density at radius 2 is 1.88 bits per heavy atom. The number of pyridine rings is 2. The first-order chi connectivity index (χ1) is 12.7. The third kappa shape index (κ3) is 3.01. The zero-order valence-electron chi connectivity index (χ0n) is 14.0. The van der Waals surface area contributed by atoms with Crippen molar-refractivity contribution in [1.82, 2.24) is 19.3 Å². The second-order valence-corrected chi connectivity index (χ2v) is 6.01. The highest BCUT2D eigenvalue weighted by Gasteiger charge is 2.10. The van der Waals surface area contributed by atoms with E-state index in [1.165, 1.54) is 11.6 Å². The fraction of sp³-hybridized carbons (Fsp3) is 0.0952. The van der Waals surface area contributed by atoms with Crippen molar-refractivity contribution in [1.29, 1.82) is 0 Å². The quantitative estimate of drug-likeness (QED) is 0.537. The van der Waals surface area contributed by atoms with E-state index in [0.717, 1.165) is 16.6 Å². The minimum absolute atomic E-state index is 0.112. The zero-order valence-corrected chi connectivity index (χ0v) is 14.0. The van der Waals surface area contributed by atoms with Crippen LogP contribution in [0.15, 0.2) is 71.9 Å². The lowest BCUT2D eigenvalue weighted by Gasteiger charge is -2.08. The highest BCUT2D eigenvalue weighted by atomic mass is 16.1. The van der Waals surface area contributed by atoms with Crippen LogP contribution in [0.5, 0.6) is 0 Å². The van der Waals surface area contributed by atoms with Crippen LogP contribution in [-0.2, 0) is 13.1 Å². The van der Waals surface area contributed by atoms with E-state index in [4.69, 9.17) is 6.42 Å². The molecule has 0 aliphatic heterocycles. The number of rotatable bonds is 4. The lowest BCUT2D eigenvalue weighted by Crippen LogP contribution is -2.20. The van der Waals surface area contributed by atoms with Crippen molar-refractivity contribution in [2.75, 3.05) is 0 Å². The molecule has 0 unspecified atom stereocenters. The van der Waals surface area contributed by atoms with Gasteiger partial charge in [0.15, 0.2) is 0 Å². The Bertz CT molecular complexity index is 1170. The van der Waals surface area contributed by atoms with E-state index < -0.39 is 0 Å². The summed E-state index contributed by atoms with van der Waals surface area (Å²) in [5, 5.41) is 5.44. The fourth-order valence-corrected chi connectivity index (χ4v) is 2.97. The van der Waals surface area contributed by atoms with Gasteiger partial charge >= 0.3 is 0 Å². The van der Waals surface area contributed by atoms with Crippen LogP contribution in [0.25, 0.3) is 10.9 Å². The van der Waals surface area contributed by atoms with Crippen LogP contribution in [0, 0.1) is 12.3 Å². The molecule has 3 heterocycles. The van der Waals surface area contributed by atoms with Crippen LogP contribution < -0.4 is 5.56 Å². The summed E-state index contributed by atoms with van der Waals surface area (Å²) in [4.78, 5) is 16.6. The Hall–Kier alpha value is -3.65. The number of hydrogen-bond donors (Lipinski definition) is 0. The Balaban J connectivity index is 1.72. The van der Waals surface area contributed by atoms with Gasteiger partial charge in [-0.25, -0.2) is 0 Å². The third-order valence-corrected chi connectivity index (χ3v) is 4.30. The normalized spacial score (nSPS) is 10.7. The topological polar surface area (TPSA) is 52.7 Å². The zero-order chi connectivity index (χ0) is 17.9. The predicted molar refractivity (Wildman–Crippen MR) is 101 cm³/mol. The molecule has 0 atom stereocenters. The van der Waals surface area contributed by atoms with Gasteiger partial charge in [-0.2, -0.15) is 5.10 Å². The van der Waals surface area contributed by atoms with Crippen LogP contribution in [0.2, 0.25) is 0 Å². The SMILES string of the molecule is C#Cc1ccc(=O)n(Cc2nccc3c2cnn3Cc2ccccc2)c1. The number of nitrogens with zero attached hydrogens (tertiary/aromatic N) is 4. The molecule has 0 aliphatic carbocycles. The summed E-state index contributed by atoms with van der Waals surface area (Å²) in [5.41, 5.74) is 3.50. The standard InChI is InChI=1S/C21H16N4O/c1-2-16-8-9-21(26)24(13-16)15-19-18-12-23-25(20(18)10-11-22-19)14-17-6-4-3-5-7-17/h1,3-13H,14-15H2. The third-order valence-electron chi connectivity index (χ3n) is 4.30. The fourth-order valence-electron chi connectivity index (χ4n) is 2.97. The summed E-state index contributed by atoms with van der Waals surface area (Å²) in [6.45, 7) is 1.03. The van der Waals surface area contributed by atoms with Crippen LogP contribution >= 0.6 is 0 Å². The molecule has 0 spiro atoms. The van der Waals surface area contributed by atoms with Gasteiger partial charge in [-0.1, -0.05) is 36.3 Å².